The number of benzene rings is 1. The summed E-state index contributed by atoms with van der Waals surface area (Å²) in [5.41, 5.74) is 11.4. The van der Waals surface area contributed by atoms with E-state index < -0.39 is 6.67 Å². The first kappa shape index (κ1) is 18.3. The minimum atomic E-state index is -0.424. The largest absolute Gasteiger partial charge is 0.370 e. The number of nitrogens with zero attached hydrogens (tertiary/aromatic N) is 1. The van der Waals surface area contributed by atoms with Crippen LogP contribution in [0.2, 0.25) is 0 Å². The van der Waals surface area contributed by atoms with Crippen LogP contribution in [0.4, 0.5) is 4.39 Å². The molecule has 1 aromatic carbocycles. The van der Waals surface area contributed by atoms with Gasteiger partial charge in [-0.05, 0) is 32.6 Å². The molecule has 0 bridgehead atoms. The average Bonchev–Trinajstić information content (AvgIpc) is 2.44. The van der Waals surface area contributed by atoms with Crippen LogP contribution in [0, 0.1) is 0 Å². The smallest absolute Gasteiger partial charge is 0.185 e. The summed E-state index contributed by atoms with van der Waals surface area (Å²) in [5, 5.41) is 5.88. The third-order valence-electron chi connectivity index (χ3n) is 2.38. The Hall–Kier alpha value is -1.66. The fourth-order valence-corrected chi connectivity index (χ4v) is 1.51. The maximum absolute atomic E-state index is 12.9. The van der Waals surface area contributed by atoms with Gasteiger partial charge in [0.05, 0.1) is 6.04 Å². The van der Waals surface area contributed by atoms with Gasteiger partial charge in [0.15, 0.2) is 5.96 Å². The lowest BCUT2D eigenvalue weighted by Crippen LogP contribution is -2.26. The summed E-state index contributed by atoms with van der Waals surface area (Å²) in [7, 11) is 3.75. The predicted molar refractivity (Wildman–Crippen MR) is 83.4 cm³/mol. The molecule has 0 aliphatic rings. The molecule has 1 atom stereocenters. The highest BCUT2D eigenvalue weighted by atomic mass is 19.1. The van der Waals surface area contributed by atoms with Crippen LogP contribution in [0.1, 0.15) is 18.0 Å². The second kappa shape index (κ2) is 12.4. The molecule has 114 valence electrons. The van der Waals surface area contributed by atoms with Crippen molar-refractivity contribution in [3.8, 4) is 0 Å². The Balaban J connectivity index is 0.00000110. The highest BCUT2D eigenvalue weighted by molar-refractivity contribution is 5.75. The third kappa shape index (κ3) is 9.29. The van der Waals surface area contributed by atoms with Gasteiger partial charge in [0, 0.05) is 6.54 Å². The molecule has 6 N–H and O–H groups in total. The van der Waals surface area contributed by atoms with Gasteiger partial charge in [0.1, 0.15) is 6.67 Å². The van der Waals surface area contributed by atoms with Crippen LogP contribution in [-0.2, 0) is 0 Å². The molecule has 0 spiro atoms. The van der Waals surface area contributed by atoms with E-state index in [4.69, 9.17) is 11.5 Å². The van der Waals surface area contributed by atoms with E-state index in [-0.39, 0.29) is 12.0 Å². The lowest BCUT2D eigenvalue weighted by atomic mass is 10.1. The van der Waals surface area contributed by atoms with Crippen molar-refractivity contribution in [1.29, 1.82) is 0 Å². The van der Waals surface area contributed by atoms with Crippen LogP contribution in [0.3, 0.4) is 0 Å². The Labute approximate surface area is 120 Å². The Morgan fingerprint density at radius 2 is 1.85 bits per heavy atom. The molecule has 5 nitrogen and oxygen atoms in total. The number of rotatable bonds is 7. The molecule has 0 aliphatic carbocycles. The van der Waals surface area contributed by atoms with Gasteiger partial charge < -0.3 is 22.1 Å². The summed E-state index contributed by atoms with van der Waals surface area (Å²) in [6.07, 6.45) is 0.779. The second-order valence-corrected chi connectivity index (χ2v) is 4.23. The zero-order valence-electron chi connectivity index (χ0n) is 12.3. The molecule has 1 aromatic rings. The maximum atomic E-state index is 12.9. The Bertz CT molecular complexity index is 352. The normalized spacial score (nSPS) is 11.2. The van der Waals surface area contributed by atoms with Crippen molar-refractivity contribution in [2.45, 2.75) is 12.5 Å². The minimum absolute atomic E-state index is 0.0927. The van der Waals surface area contributed by atoms with Crippen LogP contribution >= 0.6 is 0 Å². The van der Waals surface area contributed by atoms with Crippen molar-refractivity contribution in [3.63, 3.8) is 0 Å². The number of nitrogens with two attached hydrogens (primary N) is 2. The first-order chi connectivity index (χ1) is 9.65. The van der Waals surface area contributed by atoms with Crippen molar-refractivity contribution in [2.75, 3.05) is 33.9 Å². The molecule has 6 heteroatoms. The van der Waals surface area contributed by atoms with E-state index in [0.29, 0.717) is 13.1 Å². The number of hydrogen-bond donors (Lipinski definition) is 4. The fraction of sp³-hybridized carbons (Fsp3) is 0.500. The second-order valence-electron chi connectivity index (χ2n) is 4.23. The first-order valence-corrected chi connectivity index (χ1v) is 6.63. The molecule has 20 heavy (non-hydrogen) atoms. The fourth-order valence-electron chi connectivity index (χ4n) is 1.51. The lowest BCUT2D eigenvalue weighted by Gasteiger charge is -2.15. The van der Waals surface area contributed by atoms with E-state index >= 15 is 0 Å². The Kier molecular flexibility index (Phi) is 11.4. The van der Waals surface area contributed by atoms with Crippen molar-refractivity contribution in [1.82, 2.24) is 10.6 Å². The van der Waals surface area contributed by atoms with Crippen LogP contribution in [0.25, 0.3) is 0 Å². The molecule has 1 unspecified atom stereocenters. The number of aliphatic imine (C=N–C) groups is 1. The van der Waals surface area contributed by atoms with Crippen LogP contribution in [0.5, 0.6) is 0 Å². The van der Waals surface area contributed by atoms with E-state index in [1.807, 2.05) is 44.4 Å². The summed E-state index contributed by atoms with van der Waals surface area (Å²) in [4.78, 5) is 3.86. The molecule has 0 radical (unpaired) electrons. The zero-order chi connectivity index (χ0) is 15.2. The Morgan fingerprint density at radius 3 is 2.35 bits per heavy atom. The number of nitrogens with one attached hydrogen (secondary N) is 2. The van der Waals surface area contributed by atoms with Gasteiger partial charge in [-0.15, -0.1) is 0 Å². The van der Waals surface area contributed by atoms with Gasteiger partial charge >= 0.3 is 0 Å². The summed E-state index contributed by atoms with van der Waals surface area (Å²) in [6, 6.07) is 9.28. The number of halogens is 1. The van der Waals surface area contributed by atoms with Crippen molar-refractivity contribution >= 4 is 5.96 Å². The average molecular weight is 283 g/mol. The van der Waals surface area contributed by atoms with Gasteiger partial charge in [0.25, 0.3) is 0 Å². The third-order valence-corrected chi connectivity index (χ3v) is 2.38. The van der Waals surface area contributed by atoms with Gasteiger partial charge in [-0.25, -0.2) is 4.39 Å². The summed E-state index contributed by atoms with van der Waals surface area (Å²) in [6.45, 7) is 0.815. The molecule has 0 amide bonds. The van der Waals surface area contributed by atoms with Gasteiger partial charge in [-0.2, -0.15) is 0 Å². The molecule has 1 rings (SSSR count). The Morgan fingerprint density at radius 1 is 1.25 bits per heavy atom. The number of guanidine groups is 1. The minimum Gasteiger partial charge on any atom is -0.370 e. The standard InChI is InChI=1S/C12H19FN4.C2H7N/c13-9-11(10-5-2-1-3-6-10)16-7-4-8-17-12(14)15;1-3-2/h1-3,5-6,11,16H,4,7-9H2,(H4,14,15,17);3H,1-2H3. The SMILES string of the molecule is CNC.NC(N)=NCCCNC(CF)c1ccccc1. The van der Waals surface area contributed by atoms with E-state index in [1.54, 1.807) is 0 Å². The molecule has 0 saturated heterocycles. The molecule has 0 aromatic heterocycles. The van der Waals surface area contributed by atoms with Gasteiger partial charge in [-0.1, -0.05) is 30.3 Å². The number of hydrogen-bond acceptors (Lipinski definition) is 3. The van der Waals surface area contributed by atoms with E-state index in [0.717, 1.165) is 12.0 Å². The molecular formula is C14H26FN5. The highest BCUT2D eigenvalue weighted by Gasteiger charge is 2.08. The molecule has 0 fully saturated rings. The van der Waals surface area contributed by atoms with Crippen LogP contribution in [-0.4, -0.2) is 39.8 Å². The predicted octanol–water partition coefficient (Wildman–Crippen LogP) is 0.786. The first-order valence-electron chi connectivity index (χ1n) is 6.63. The molecule has 0 heterocycles. The molecule has 0 aliphatic heterocycles. The van der Waals surface area contributed by atoms with Crippen LogP contribution < -0.4 is 22.1 Å². The van der Waals surface area contributed by atoms with Crippen molar-refractivity contribution in [3.05, 3.63) is 35.9 Å². The summed E-state index contributed by atoms with van der Waals surface area (Å²) in [5.74, 6) is 0.0927. The number of alkyl halides is 1. The van der Waals surface area contributed by atoms with Gasteiger partial charge in [-0.3, -0.25) is 4.99 Å². The van der Waals surface area contributed by atoms with Crippen molar-refractivity contribution in [2.24, 2.45) is 16.5 Å². The summed E-state index contributed by atoms with van der Waals surface area (Å²) < 4.78 is 12.9. The van der Waals surface area contributed by atoms with E-state index in [2.05, 4.69) is 15.6 Å². The lowest BCUT2D eigenvalue weighted by molar-refractivity contribution is 0.381. The topological polar surface area (TPSA) is 88.5 Å². The van der Waals surface area contributed by atoms with E-state index in [9.17, 15) is 4.39 Å². The quantitative estimate of drug-likeness (QED) is 0.338. The summed E-state index contributed by atoms with van der Waals surface area (Å²) >= 11 is 0. The molecule has 0 saturated carbocycles. The molecular weight excluding hydrogens is 257 g/mol. The zero-order valence-corrected chi connectivity index (χ0v) is 12.3. The van der Waals surface area contributed by atoms with Crippen LogP contribution in [0.15, 0.2) is 35.3 Å². The van der Waals surface area contributed by atoms with E-state index in [1.165, 1.54) is 0 Å². The monoisotopic (exact) mass is 283 g/mol. The maximum Gasteiger partial charge on any atom is 0.185 e. The highest BCUT2D eigenvalue weighted by Crippen LogP contribution is 2.12. The van der Waals surface area contributed by atoms with Crippen molar-refractivity contribution < 1.29 is 4.39 Å². The van der Waals surface area contributed by atoms with Gasteiger partial charge in [0.2, 0.25) is 0 Å².